The smallest absolute Gasteiger partial charge is 0.218 e. The Morgan fingerprint density at radius 1 is 1.03 bits per heavy atom. The van der Waals surface area contributed by atoms with Crippen LogP contribution in [0.1, 0.15) is 30.4 Å². The molecule has 164 valence electrons. The standard InChI is InChI=1S/C23H34N4O3/c1-16-5-8-20(30-3)19(15-16)26-13-11-25(12-14-26)9-4-10-27-22(28)17(2)21(23(27)29)24-18-6-7-18/h5,8,15,18,24,28-29H,4,6-7,9-14H2,1-3H3. The third-order valence-corrected chi connectivity index (χ3v) is 6.27. The van der Waals surface area contributed by atoms with Crippen molar-refractivity contribution in [3.8, 4) is 17.5 Å². The Labute approximate surface area is 178 Å². The van der Waals surface area contributed by atoms with Crippen LogP contribution in [0.15, 0.2) is 18.2 Å². The highest BCUT2D eigenvalue weighted by Crippen LogP contribution is 2.40. The number of nitrogens with zero attached hydrogens (tertiary/aromatic N) is 3. The zero-order valence-corrected chi connectivity index (χ0v) is 18.3. The van der Waals surface area contributed by atoms with Crippen LogP contribution in [0.2, 0.25) is 0 Å². The van der Waals surface area contributed by atoms with Crippen molar-refractivity contribution in [3.63, 3.8) is 0 Å². The summed E-state index contributed by atoms with van der Waals surface area (Å²) in [5.41, 5.74) is 3.84. The van der Waals surface area contributed by atoms with Gasteiger partial charge >= 0.3 is 0 Å². The van der Waals surface area contributed by atoms with Crippen molar-refractivity contribution in [1.82, 2.24) is 9.47 Å². The maximum absolute atomic E-state index is 10.5. The van der Waals surface area contributed by atoms with Gasteiger partial charge in [-0.2, -0.15) is 0 Å². The first-order valence-corrected chi connectivity index (χ1v) is 11.0. The first kappa shape index (κ1) is 20.7. The molecule has 2 heterocycles. The lowest BCUT2D eigenvalue weighted by Gasteiger charge is -2.36. The van der Waals surface area contributed by atoms with Gasteiger partial charge < -0.3 is 25.2 Å². The summed E-state index contributed by atoms with van der Waals surface area (Å²) in [6.07, 6.45) is 3.14. The van der Waals surface area contributed by atoms with Crippen LogP contribution in [0.25, 0.3) is 0 Å². The Hall–Kier alpha value is -2.54. The second kappa shape index (κ2) is 8.68. The number of hydrogen-bond donors (Lipinski definition) is 3. The van der Waals surface area contributed by atoms with Crippen molar-refractivity contribution in [2.45, 2.75) is 45.7 Å². The molecule has 7 nitrogen and oxygen atoms in total. The molecular weight excluding hydrogens is 380 g/mol. The van der Waals surface area contributed by atoms with E-state index in [0.717, 1.165) is 63.3 Å². The van der Waals surface area contributed by atoms with Gasteiger partial charge in [-0.25, -0.2) is 0 Å². The fourth-order valence-electron chi connectivity index (χ4n) is 4.25. The Balaban J connectivity index is 1.29. The number of rotatable bonds is 8. The van der Waals surface area contributed by atoms with Crippen molar-refractivity contribution in [3.05, 3.63) is 29.3 Å². The van der Waals surface area contributed by atoms with Crippen LogP contribution < -0.4 is 15.0 Å². The molecular formula is C23H34N4O3. The molecule has 2 aliphatic rings. The van der Waals surface area contributed by atoms with Crippen LogP contribution in [-0.2, 0) is 6.54 Å². The fraction of sp³-hybridized carbons (Fsp3) is 0.565. The van der Waals surface area contributed by atoms with E-state index in [4.69, 9.17) is 4.74 Å². The average molecular weight is 415 g/mol. The number of benzene rings is 1. The largest absolute Gasteiger partial charge is 0.495 e. The predicted molar refractivity (Wildman–Crippen MR) is 120 cm³/mol. The maximum atomic E-state index is 10.5. The summed E-state index contributed by atoms with van der Waals surface area (Å²) < 4.78 is 7.18. The Morgan fingerprint density at radius 2 is 1.77 bits per heavy atom. The number of nitrogens with one attached hydrogen (secondary N) is 1. The molecule has 30 heavy (non-hydrogen) atoms. The van der Waals surface area contributed by atoms with Crippen LogP contribution in [0.3, 0.4) is 0 Å². The van der Waals surface area contributed by atoms with Crippen LogP contribution in [0, 0.1) is 13.8 Å². The molecule has 0 radical (unpaired) electrons. The van der Waals surface area contributed by atoms with Gasteiger partial charge in [-0.05, 0) is 57.4 Å². The van der Waals surface area contributed by atoms with Gasteiger partial charge in [0, 0.05) is 44.3 Å². The summed E-state index contributed by atoms with van der Waals surface area (Å²) in [7, 11) is 1.73. The third-order valence-electron chi connectivity index (χ3n) is 6.27. The number of aromatic hydroxyl groups is 2. The lowest BCUT2D eigenvalue weighted by Crippen LogP contribution is -2.46. The Kier molecular flexibility index (Phi) is 5.99. The van der Waals surface area contributed by atoms with Gasteiger partial charge in [0.15, 0.2) is 5.88 Å². The van der Waals surface area contributed by atoms with E-state index in [9.17, 15) is 10.2 Å². The van der Waals surface area contributed by atoms with E-state index in [0.29, 0.717) is 18.3 Å². The topological polar surface area (TPSA) is 73.1 Å². The summed E-state index contributed by atoms with van der Waals surface area (Å²) in [6.45, 7) is 9.44. The summed E-state index contributed by atoms with van der Waals surface area (Å²) >= 11 is 0. The Morgan fingerprint density at radius 3 is 2.43 bits per heavy atom. The quantitative estimate of drug-likeness (QED) is 0.616. The van der Waals surface area contributed by atoms with E-state index in [2.05, 4.69) is 34.2 Å². The third kappa shape index (κ3) is 4.31. The van der Waals surface area contributed by atoms with Crippen molar-refractivity contribution < 1.29 is 14.9 Å². The number of aromatic nitrogens is 1. The number of anilines is 2. The molecule has 0 bridgehead atoms. The molecule has 1 aliphatic carbocycles. The summed E-state index contributed by atoms with van der Waals surface area (Å²) in [5.74, 6) is 1.26. The van der Waals surface area contributed by atoms with E-state index in [1.807, 2.05) is 13.0 Å². The predicted octanol–water partition coefficient (Wildman–Crippen LogP) is 3.31. The molecule has 3 N–H and O–H groups in total. The second-order valence-electron chi connectivity index (χ2n) is 8.58. The highest BCUT2D eigenvalue weighted by Gasteiger charge is 2.27. The van der Waals surface area contributed by atoms with E-state index in [-0.39, 0.29) is 11.8 Å². The molecule has 2 fully saturated rings. The monoisotopic (exact) mass is 414 g/mol. The van der Waals surface area contributed by atoms with Gasteiger partial charge in [0.1, 0.15) is 11.4 Å². The molecule has 0 amide bonds. The van der Waals surface area contributed by atoms with E-state index in [1.54, 1.807) is 11.7 Å². The van der Waals surface area contributed by atoms with Crippen molar-refractivity contribution >= 4 is 11.4 Å². The first-order chi connectivity index (χ1) is 14.5. The van der Waals surface area contributed by atoms with Crippen molar-refractivity contribution in [2.75, 3.05) is 50.1 Å². The number of aryl methyl sites for hydroxylation is 1. The van der Waals surface area contributed by atoms with E-state index in [1.165, 1.54) is 11.3 Å². The van der Waals surface area contributed by atoms with Gasteiger partial charge in [0.05, 0.1) is 12.8 Å². The maximum Gasteiger partial charge on any atom is 0.218 e. The minimum Gasteiger partial charge on any atom is -0.495 e. The van der Waals surface area contributed by atoms with Gasteiger partial charge in [-0.1, -0.05) is 6.07 Å². The molecule has 1 aromatic carbocycles. The van der Waals surface area contributed by atoms with Crippen LogP contribution in [0.5, 0.6) is 17.5 Å². The molecule has 2 aromatic rings. The first-order valence-electron chi connectivity index (χ1n) is 11.0. The molecule has 4 rings (SSSR count). The number of ether oxygens (including phenoxy) is 1. The summed E-state index contributed by atoms with van der Waals surface area (Å²) in [5, 5.41) is 24.3. The lowest BCUT2D eigenvalue weighted by molar-refractivity contribution is 0.246. The van der Waals surface area contributed by atoms with Crippen LogP contribution >= 0.6 is 0 Å². The molecule has 1 saturated carbocycles. The van der Waals surface area contributed by atoms with Gasteiger partial charge in [-0.3, -0.25) is 9.47 Å². The lowest BCUT2D eigenvalue weighted by atomic mass is 10.1. The number of piperazine rings is 1. The van der Waals surface area contributed by atoms with Gasteiger partial charge in [-0.15, -0.1) is 0 Å². The summed E-state index contributed by atoms with van der Waals surface area (Å²) in [4.78, 5) is 4.84. The Bertz CT molecular complexity index is 883. The van der Waals surface area contributed by atoms with Gasteiger partial charge in [0.25, 0.3) is 0 Å². The highest BCUT2D eigenvalue weighted by molar-refractivity contribution is 5.65. The van der Waals surface area contributed by atoms with Crippen LogP contribution in [0.4, 0.5) is 11.4 Å². The van der Waals surface area contributed by atoms with E-state index < -0.39 is 0 Å². The zero-order chi connectivity index (χ0) is 21.3. The average Bonchev–Trinajstić information content (AvgIpc) is 3.55. The van der Waals surface area contributed by atoms with E-state index >= 15 is 0 Å². The molecule has 1 saturated heterocycles. The van der Waals surface area contributed by atoms with Crippen molar-refractivity contribution in [1.29, 1.82) is 0 Å². The van der Waals surface area contributed by atoms with Crippen molar-refractivity contribution in [2.24, 2.45) is 0 Å². The molecule has 1 aromatic heterocycles. The van der Waals surface area contributed by atoms with Gasteiger partial charge in [0.2, 0.25) is 5.88 Å². The molecule has 0 spiro atoms. The van der Waals surface area contributed by atoms with Crippen LogP contribution in [-0.4, -0.2) is 65.6 Å². The molecule has 0 unspecified atom stereocenters. The zero-order valence-electron chi connectivity index (χ0n) is 18.3. The fourth-order valence-corrected chi connectivity index (χ4v) is 4.25. The summed E-state index contributed by atoms with van der Waals surface area (Å²) in [6, 6.07) is 6.76. The SMILES string of the molecule is COc1ccc(C)cc1N1CCN(CCCn2c(O)c(C)c(NC3CC3)c2O)CC1. The number of hydrogen-bond acceptors (Lipinski definition) is 6. The minimum absolute atomic E-state index is 0.160. The molecule has 7 heteroatoms. The normalized spacial score (nSPS) is 17.4. The molecule has 1 aliphatic heterocycles. The highest BCUT2D eigenvalue weighted by atomic mass is 16.5. The molecule has 0 atom stereocenters. The number of methoxy groups -OCH3 is 1. The second-order valence-corrected chi connectivity index (χ2v) is 8.58. The minimum atomic E-state index is 0.160.